The number of carboxylic acid groups (broad SMARTS) is 1. The van der Waals surface area contributed by atoms with Crippen molar-refractivity contribution in [2.24, 2.45) is 5.92 Å². The second kappa shape index (κ2) is 7.66. The lowest BCUT2D eigenvalue weighted by Crippen LogP contribution is -2.55. The molecule has 3 rings (SSSR count). The van der Waals surface area contributed by atoms with Crippen LogP contribution in [0.25, 0.3) is 0 Å². The van der Waals surface area contributed by atoms with E-state index in [-0.39, 0.29) is 24.4 Å². The summed E-state index contributed by atoms with van der Waals surface area (Å²) in [4.78, 5) is 13.1. The molecule has 2 aliphatic carbocycles. The summed E-state index contributed by atoms with van der Waals surface area (Å²) in [7, 11) is -3.41. The molecule has 0 aromatic heterocycles. The zero-order valence-electron chi connectivity index (χ0n) is 15.4. The number of carboxylic acids is 1. The van der Waals surface area contributed by atoms with Crippen molar-refractivity contribution < 1.29 is 18.3 Å². The van der Waals surface area contributed by atoms with Gasteiger partial charge in [0, 0.05) is 18.6 Å². The molecule has 0 atom stereocenters. The van der Waals surface area contributed by atoms with E-state index in [0.29, 0.717) is 18.8 Å². The van der Waals surface area contributed by atoms with Gasteiger partial charge >= 0.3 is 5.97 Å². The molecule has 2 aliphatic rings. The maximum atomic E-state index is 12.5. The second-order valence-corrected chi connectivity index (χ2v) is 9.59. The smallest absolute Gasteiger partial charge is 0.317 e. The molecule has 7 heteroatoms. The summed E-state index contributed by atoms with van der Waals surface area (Å²) in [6.45, 7) is 4.72. The van der Waals surface area contributed by atoms with Crippen molar-refractivity contribution in [1.29, 1.82) is 0 Å². The number of rotatable bonds is 9. The fraction of sp³-hybridized carbons (Fsp3) is 0.632. The molecule has 0 unspecified atom stereocenters. The van der Waals surface area contributed by atoms with E-state index in [1.54, 1.807) is 0 Å². The third-order valence-corrected chi connectivity index (χ3v) is 6.84. The molecule has 2 N–H and O–H groups in total. The van der Waals surface area contributed by atoms with Gasteiger partial charge in [0.25, 0.3) is 0 Å². The van der Waals surface area contributed by atoms with Crippen molar-refractivity contribution in [1.82, 2.24) is 9.62 Å². The fourth-order valence-corrected chi connectivity index (χ4v) is 5.31. The lowest BCUT2D eigenvalue weighted by atomic mass is 9.86. The lowest BCUT2D eigenvalue weighted by Gasteiger charge is -2.42. The number of sulfonamides is 1. The minimum Gasteiger partial charge on any atom is -0.480 e. The molecule has 0 amide bonds. The molecule has 144 valence electrons. The van der Waals surface area contributed by atoms with Gasteiger partial charge in [-0.15, -0.1) is 0 Å². The third kappa shape index (κ3) is 5.05. The zero-order chi connectivity index (χ0) is 18.9. The molecule has 0 heterocycles. The predicted octanol–water partition coefficient (Wildman–Crippen LogP) is 2.05. The maximum Gasteiger partial charge on any atom is 0.317 e. The summed E-state index contributed by atoms with van der Waals surface area (Å²) < 4.78 is 27.9. The summed E-state index contributed by atoms with van der Waals surface area (Å²) in [5.74, 6) is -0.202. The number of nitrogens with zero attached hydrogens (tertiary/aromatic N) is 1. The van der Waals surface area contributed by atoms with Crippen molar-refractivity contribution in [3.8, 4) is 0 Å². The molecule has 0 spiro atoms. The van der Waals surface area contributed by atoms with Crippen LogP contribution in [-0.4, -0.2) is 49.6 Å². The Kier molecular flexibility index (Phi) is 5.69. The number of nitrogens with one attached hydrogen (secondary N) is 1. The van der Waals surface area contributed by atoms with Crippen LogP contribution in [0.3, 0.4) is 0 Å². The van der Waals surface area contributed by atoms with Crippen LogP contribution in [0.4, 0.5) is 0 Å². The van der Waals surface area contributed by atoms with Gasteiger partial charge in [-0.05, 0) is 62.1 Å². The van der Waals surface area contributed by atoms with Crippen LogP contribution in [0.2, 0.25) is 0 Å². The Morgan fingerprint density at radius 1 is 1.23 bits per heavy atom. The van der Waals surface area contributed by atoms with Crippen molar-refractivity contribution in [2.75, 3.05) is 13.1 Å². The van der Waals surface area contributed by atoms with Crippen LogP contribution in [0.15, 0.2) is 18.2 Å². The average Bonchev–Trinajstić information content (AvgIpc) is 3.29. The van der Waals surface area contributed by atoms with Crippen molar-refractivity contribution in [3.05, 3.63) is 34.9 Å². The van der Waals surface area contributed by atoms with Gasteiger partial charge in [0.1, 0.15) is 0 Å². The monoisotopic (exact) mass is 380 g/mol. The molecule has 1 aromatic rings. The Morgan fingerprint density at radius 2 is 1.85 bits per heavy atom. The summed E-state index contributed by atoms with van der Waals surface area (Å²) in [6.07, 6.45) is 3.72. The Morgan fingerprint density at radius 3 is 2.38 bits per heavy atom. The van der Waals surface area contributed by atoms with Gasteiger partial charge < -0.3 is 5.11 Å². The van der Waals surface area contributed by atoms with Crippen molar-refractivity contribution in [2.45, 2.75) is 57.4 Å². The highest BCUT2D eigenvalue weighted by atomic mass is 32.2. The molecular weight excluding hydrogens is 352 g/mol. The van der Waals surface area contributed by atoms with Crippen LogP contribution < -0.4 is 4.72 Å². The van der Waals surface area contributed by atoms with Crippen molar-refractivity contribution >= 4 is 16.0 Å². The average molecular weight is 381 g/mol. The number of aryl methyl sites for hydroxylation is 2. The van der Waals surface area contributed by atoms with Gasteiger partial charge in [-0.2, -0.15) is 0 Å². The fourth-order valence-electron chi connectivity index (χ4n) is 3.69. The van der Waals surface area contributed by atoms with E-state index < -0.39 is 16.0 Å². The minimum atomic E-state index is -3.41. The summed E-state index contributed by atoms with van der Waals surface area (Å²) in [5, 5.41) is 9.10. The molecule has 0 saturated heterocycles. The molecule has 2 saturated carbocycles. The van der Waals surface area contributed by atoms with Gasteiger partial charge in [-0.3, -0.25) is 9.69 Å². The molecule has 0 bridgehead atoms. The van der Waals surface area contributed by atoms with E-state index in [0.717, 1.165) is 23.2 Å². The van der Waals surface area contributed by atoms with E-state index in [1.165, 1.54) is 12.8 Å². The number of carbonyl (C=O) groups is 1. The molecule has 0 aliphatic heterocycles. The van der Waals surface area contributed by atoms with Gasteiger partial charge in [0.05, 0.1) is 12.3 Å². The van der Waals surface area contributed by atoms with Gasteiger partial charge in [-0.25, -0.2) is 13.1 Å². The van der Waals surface area contributed by atoms with Crippen LogP contribution in [-0.2, 0) is 20.6 Å². The Labute approximate surface area is 155 Å². The minimum absolute atomic E-state index is 0.00636. The highest BCUT2D eigenvalue weighted by Crippen LogP contribution is 2.34. The summed E-state index contributed by atoms with van der Waals surface area (Å²) in [5.41, 5.74) is 2.83. The first-order valence-electron chi connectivity index (χ1n) is 9.24. The van der Waals surface area contributed by atoms with Crippen molar-refractivity contribution in [3.63, 3.8) is 0 Å². The van der Waals surface area contributed by atoms with E-state index >= 15 is 0 Å². The molecule has 1 aromatic carbocycles. The van der Waals surface area contributed by atoms with E-state index in [1.807, 2.05) is 36.9 Å². The summed E-state index contributed by atoms with van der Waals surface area (Å²) in [6, 6.07) is 5.86. The predicted molar refractivity (Wildman–Crippen MR) is 100 cm³/mol. The lowest BCUT2D eigenvalue weighted by molar-refractivity contribution is -0.139. The molecule has 0 radical (unpaired) electrons. The number of hydrogen-bond donors (Lipinski definition) is 2. The van der Waals surface area contributed by atoms with Crippen LogP contribution in [0, 0.1) is 19.8 Å². The van der Waals surface area contributed by atoms with E-state index in [2.05, 4.69) is 4.72 Å². The molecule has 26 heavy (non-hydrogen) atoms. The highest BCUT2D eigenvalue weighted by Gasteiger charge is 2.38. The van der Waals surface area contributed by atoms with E-state index in [9.17, 15) is 13.2 Å². The molecule has 2 fully saturated rings. The van der Waals surface area contributed by atoms with Crippen LogP contribution >= 0.6 is 0 Å². The van der Waals surface area contributed by atoms with Crippen LogP contribution in [0.1, 0.15) is 42.4 Å². The number of aliphatic carboxylic acids is 1. The first kappa shape index (κ1) is 19.3. The topological polar surface area (TPSA) is 86.7 Å². The standard InChI is InChI=1S/C19H28N2O4S/c1-13-4-3-5-14(2)18(13)12-26(24,25)20-16-8-17(9-16)21(11-19(22)23)10-15-6-7-15/h3-5,15-17,20H,6-12H2,1-2H3,(H,22,23). The van der Waals surface area contributed by atoms with E-state index in [4.69, 9.17) is 5.11 Å². The number of benzene rings is 1. The van der Waals surface area contributed by atoms with Gasteiger partial charge in [-0.1, -0.05) is 18.2 Å². The van der Waals surface area contributed by atoms with Gasteiger partial charge in [0.15, 0.2) is 0 Å². The first-order chi connectivity index (χ1) is 12.2. The second-order valence-electron chi connectivity index (χ2n) is 7.84. The quantitative estimate of drug-likeness (QED) is 0.685. The van der Waals surface area contributed by atoms with Gasteiger partial charge in [0.2, 0.25) is 10.0 Å². The normalized spacial score (nSPS) is 23.0. The third-order valence-electron chi connectivity index (χ3n) is 5.48. The maximum absolute atomic E-state index is 12.5. The number of hydrogen-bond acceptors (Lipinski definition) is 4. The Hall–Kier alpha value is -1.44. The largest absolute Gasteiger partial charge is 0.480 e. The molecule has 6 nitrogen and oxygen atoms in total. The Balaban J connectivity index is 1.54. The zero-order valence-corrected chi connectivity index (χ0v) is 16.3. The SMILES string of the molecule is Cc1cccc(C)c1CS(=O)(=O)NC1CC(N(CC(=O)O)CC2CC2)C1. The Bertz CT molecular complexity index is 747. The summed E-state index contributed by atoms with van der Waals surface area (Å²) >= 11 is 0. The molecular formula is C19H28N2O4S. The van der Waals surface area contributed by atoms with Crippen LogP contribution in [0.5, 0.6) is 0 Å². The first-order valence-corrected chi connectivity index (χ1v) is 10.9. The highest BCUT2D eigenvalue weighted by molar-refractivity contribution is 7.88.